The molecule has 3 rings (SSSR count). The van der Waals surface area contributed by atoms with Gasteiger partial charge in [0.2, 0.25) is 11.8 Å². The molecule has 0 aromatic heterocycles. The molecule has 1 saturated heterocycles. The molecule has 2 amide bonds. The Morgan fingerprint density at radius 2 is 1.67 bits per heavy atom. The van der Waals surface area contributed by atoms with Crippen LogP contribution in [-0.4, -0.2) is 36.3 Å². The molecule has 1 aromatic carbocycles. The Morgan fingerprint density at radius 3 is 2.48 bits per heavy atom. The maximum Gasteiger partial charge on any atom is 0.236 e. The van der Waals surface area contributed by atoms with E-state index in [2.05, 4.69) is 6.07 Å². The minimum atomic E-state index is -0.0577. The minimum Gasteiger partial charge on any atom is -0.342 e. The third-order valence-electron chi connectivity index (χ3n) is 4.42. The third kappa shape index (κ3) is 3.09. The van der Waals surface area contributed by atoms with Crippen LogP contribution in [0.3, 0.4) is 0 Å². The molecule has 0 radical (unpaired) electrons. The van der Waals surface area contributed by atoms with Gasteiger partial charge >= 0.3 is 0 Å². The highest BCUT2D eigenvalue weighted by molar-refractivity contribution is 6.05. The van der Waals surface area contributed by atoms with Gasteiger partial charge in [-0.15, -0.1) is 0 Å². The molecule has 4 heteroatoms. The van der Waals surface area contributed by atoms with Crippen LogP contribution in [0.4, 0.5) is 5.69 Å². The van der Waals surface area contributed by atoms with Gasteiger partial charge in [0.1, 0.15) is 6.42 Å². The highest BCUT2D eigenvalue weighted by Crippen LogP contribution is 2.27. The van der Waals surface area contributed by atoms with Crippen molar-refractivity contribution in [3.8, 4) is 0 Å². The second kappa shape index (κ2) is 6.29. The van der Waals surface area contributed by atoms with Crippen molar-refractivity contribution in [2.24, 2.45) is 0 Å². The number of carbonyl (C=O) groups excluding carboxylic acids is 2. The topological polar surface area (TPSA) is 40.6 Å². The molecule has 0 atom stereocenters. The van der Waals surface area contributed by atoms with Crippen molar-refractivity contribution in [2.45, 2.75) is 38.5 Å². The summed E-state index contributed by atoms with van der Waals surface area (Å²) in [6.07, 6.45) is 5.31. The Balaban J connectivity index is 1.67. The number of benzene rings is 1. The van der Waals surface area contributed by atoms with E-state index >= 15 is 0 Å². The fraction of sp³-hybridized carbons (Fsp3) is 0.529. The van der Waals surface area contributed by atoms with E-state index in [0.29, 0.717) is 0 Å². The SMILES string of the molecule is O=C(CC(=O)N1CCCc2ccccc21)N1CCCCC1. The zero-order valence-electron chi connectivity index (χ0n) is 12.4. The van der Waals surface area contributed by atoms with Gasteiger partial charge in [-0.25, -0.2) is 0 Å². The van der Waals surface area contributed by atoms with Crippen LogP contribution in [0.25, 0.3) is 0 Å². The highest BCUT2D eigenvalue weighted by Gasteiger charge is 2.26. The first-order valence-electron chi connectivity index (χ1n) is 7.92. The predicted octanol–water partition coefficient (Wildman–Crippen LogP) is 2.37. The van der Waals surface area contributed by atoms with Crippen molar-refractivity contribution < 1.29 is 9.59 Å². The zero-order valence-corrected chi connectivity index (χ0v) is 12.4. The van der Waals surface area contributed by atoms with Gasteiger partial charge in [-0.3, -0.25) is 9.59 Å². The van der Waals surface area contributed by atoms with E-state index in [1.54, 1.807) is 4.90 Å². The standard InChI is InChI=1S/C17H22N2O2/c20-16(18-10-4-1-5-11-18)13-17(21)19-12-6-8-14-7-2-3-9-15(14)19/h2-3,7,9H,1,4-6,8,10-13H2. The maximum atomic E-state index is 12.5. The minimum absolute atomic E-state index is 0.00827. The van der Waals surface area contributed by atoms with Crippen LogP contribution >= 0.6 is 0 Å². The number of nitrogens with zero attached hydrogens (tertiary/aromatic N) is 2. The second-order valence-electron chi connectivity index (χ2n) is 5.90. The average molecular weight is 286 g/mol. The number of hydrogen-bond donors (Lipinski definition) is 0. The molecule has 0 N–H and O–H groups in total. The highest BCUT2D eigenvalue weighted by atomic mass is 16.2. The van der Waals surface area contributed by atoms with E-state index < -0.39 is 0 Å². The number of piperidine rings is 1. The van der Waals surface area contributed by atoms with E-state index in [-0.39, 0.29) is 18.2 Å². The van der Waals surface area contributed by atoms with Crippen molar-refractivity contribution in [1.82, 2.24) is 4.90 Å². The molecule has 4 nitrogen and oxygen atoms in total. The lowest BCUT2D eigenvalue weighted by Gasteiger charge is -2.31. The summed E-state index contributed by atoms with van der Waals surface area (Å²) >= 11 is 0. The van der Waals surface area contributed by atoms with Crippen LogP contribution in [0.2, 0.25) is 0 Å². The molecule has 21 heavy (non-hydrogen) atoms. The molecule has 0 saturated carbocycles. The molecule has 112 valence electrons. The Morgan fingerprint density at radius 1 is 0.905 bits per heavy atom. The number of amides is 2. The molecule has 0 aliphatic carbocycles. The van der Waals surface area contributed by atoms with E-state index in [1.165, 1.54) is 12.0 Å². The number of aryl methyl sites for hydroxylation is 1. The summed E-state index contributed by atoms with van der Waals surface area (Å²) in [5.74, 6) is -0.0690. The molecule has 2 aliphatic rings. The molecule has 2 aliphatic heterocycles. The fourth-order valence-electron chi connectivity index (χ4n) is 3.27. The van der Waals surface area contributed by atoms with Crippen molar-refractivity contribution in [3.05, 3.63) is 29.8 Å². The summed E-state index contributed by atoms with van der Waals surface area (Å²) in [4.78, 5) is 28.4. The molecule has 0 spiro atoms. The maximum absolute atomic E-state index is 12.5. The molecular formula is C17H22N2O2. The van der Waals surface area contributed by atoms with Crippen LogP contribution < -0.4 is 4.90 Å². The lowest BCUT2D eigenvalue weighted by atomic mass is 10.0. The first-order valence-corrected chi connectivity index (χ1v) is 7.92. The Kier molecular flexibility index (Phi) is 4.23. The van der Waals surface area contributed by atoms with Crippen LogP contribution in [-0.2, 0) is 16.0 Å². The summed E-state index contributed by atoms with van der Waals surface area (Å²) in [5, 5.41) is 0. The number of hydrogen-bond acceptors (Lipinski definition) is 2. The quantitative estimate of drug-likeness (QED) is 0.783. The molecule has 1 aromatic rings. The summed E-state index contributed by atoms with van der Waals surface area (Å²) in [7, 11) is 0. The van der Waals surface area contributed by atoms with Crippen molar-refractivity contribution >= 4 is 17.5 Å². The number of para-hydroxylation sites is 1. The lowest BCUT2D eigenvalue weighted by molar-refractivity contribution is -0.136. The number of rotatable bonds is 2. The van der Waals surface area contributed by atoms with Crippen molar-refractivity contribution in [2.75, 3.05) is 24.5 Å². The number of likely N-dealkylation sites (tertiary alicyclic amines) is 1. The number of fused-ring (bicyclic) bond motifs is 1. The Bertz CT molecular complexity index is 535. The summed E-state index contributed by atoms with van der Waals surface area (Å²) in [5.41, 5.74) is 2.20. The van der Waals surface area contributed by atoms with Gasteiger partial charge in [-0.05, 0) is 43.7 Å². The van der Waals surface area contributed by atoms with Crippen LogP contribution in [0.1, 0.15) is 37.7 Å². The summed E-state index contributed by atoms with van der Waals surface area (Å²) < 4.78 is 0. The van der Waals surface area contributed by atoms with Gasteiger partial charge in [0.15, 0.2) is 0 Å². The normalized spacial score (nSPS) is 18.3. The second-order valence-corrected chi connectivity index (χ2v) is 5.90. The van der Waals surface area contributed by atoms with Gasteiger partial charge in [0.25, 0.3) is 0 Å². The van der Waals surface area contributed by atoms with E-state index in [1.807, 2.05) is 23.1 Å². The number of anilines is 1. The third-order valence-corrected chi connectivity index (χ3v) is 4.42. The predicted molar refractivity (Wildman–Crippen MR) is 82.2 cm³/mol. The Labute approximate surface area is 125 Å². The molecule has 1 fully saturated rings. The fourth-order valence-corrected chi connectivity index (χ4v) is 3.27. The van der Waals surface area contributed by atoms with Crippen molar-refractivity contribution in [1.29, 1.82) is 0 Å². The van der Waals surface area contributed by atoms with Gasteiger partial charge < -0.3 is 9.80 Å². The van der Waals surface area contributed by atoms with Gasteiger partial charge in [-0.2, -0.15) is 0 Å². The summed E-state index contributed by atoms with van der Waals surface area (Å²) in [6.45, 7) is 2.34. The van der Waals surface area contributed by atoms with E-state index in [0.717, 1.165) is 51.0 Å². The Hall–Kier alpha value is -1.84. The van der Waals surface area contributed by atoms with E-state index in [4.69, 9.17) is 0 Å². The molecule has 0 unspecified atom stereocenters. The summed E-state index contributed by atoms with van der Waals surface area (Å²) in [6, 6.07) is 8.02. The first kappa shape index (κ1) is 14.1. The van der Waals surface area contributed by atoms with Gasteiger partial charge in [0.05, 0.1) is 0 Å². The molecular weight excluding hydrogens is 264 g/mol. The van der Waals surface area contributed by atoms with Gasteiger partial charge in [-0.1, -0.05) is 18.2 Å². The monoisotopic (exact) mass is 286 g/mol. The van der Waals surface area contributed by atoms with E-state index in [9.17, 15) is 9.59 Å². The van der Waals surface area contributed by atoms with Crippen LogP contribution in [0.5, 0.6) is 0 Å². The first-order chi connectivity index (χ1) is 10.3. The van der Waals surface area contributed by atoms with Gasteiger partial charge in [0, 0.05) is 25.3 Å². The zero-order chi connectivity index (χ0) is 14.7. The number of carbonyl (C=O) groups is 2. The van der Waals surface area contributed by atoms with Crippen molar-refractivity contribution in [3.63, 3.8) is 0 Å². The molecule has 2 heterocycles. The van der Waals surface area contributed by atoms with Crippen LogP contribution in [0, 0.1) is 0 Å². The largest absolute Gasteiger partial charge is 0.342 e. The lowest BCUT2D eigenvalue weighted by Crippen LogP contribution is -2.41. The average Bonchev–Trinajstić information content (AvgIpc) is 2.55. The molecule has 0 bridgehead atoms. The smallest absolute Gasteiger partial charge is 0.236 e. The van der Waals surface area contributed by atoms with Crippen LogP contribution in [0.15, 0.2) is 24.3 Å².